The highest BCUT2D eigenvalue weighted by Gasteiger charge is 2.39. The highest BCUT2D eigenvalue weighted by atomic mass is 16.7. The van der Waals surface area contributed by atoms with E-state index in [1.807, 2.05) is 0 Å². The second kappa shape index (κ2) is 4.74. The van der Waals surface area contributed by atoms with Crippen LogP contribution < -0.4 is 0 Å². The van der Waals surface area contributed by atoms with Gasteiger partial charge in [-0.3, -0.25) is 0 Å². The maximum Gasteiger partial charge on any atom is 0.161 e. The van der Waals surface area contributed by atoms with Crippen LogP contribution in [0.5, 0.6) is 0 Å². The molecule has 0 unspecified atom stereocenters. The quantitative estimate of drug-likeness (QED) is 0.650. The van der Waals surface area contributed by atoms with E-state index in [1.54, 1.807) is 0 Å². The van der Waals surface area contributed by atoms with Gasteiger partial charge in [-0.15, -0.1) is 0 Å². The fraction of sp³-hybridized carbons (Fsp3) is 0.867. The number of hydrogen-bond donors (Lipinski definition) is 0. The van der Waals surface area contributed by atoms with Crippen LogP contribution in [0, 0.1) is 23.2 Å². The van der Waals surface area contributed by atoms with Gasteiger partial charge in [-0.1, -0.05) is 39.3 Å². The van der Waals surface area contributed by atoms with E-state index in [-0.39, 0.29) is 11.7 Å². The lowest BCUT2D eigenvalue weighted by atomic mass is 9.74. The van der Waals surface area contributed by atoms with Crippen LogP contribution in [-0.4, -0.2) is 19.5 Å². The number of allylic oxidation sites excluding steroid dienone is 2. The standard InChI is InChI=1S/C15H26O2/c1-10-6-11(2)13(12(3)7-10)14-16-8-15(4,5)9-17-14/h6,11-14H,7-9H2,1-5H3/t11-,12+,13+/m0/s1. The van der Waals surface area contributed by atoms with Gasteiger partial charge in [-0.05, 0) is 25.2 Å². The molecule has 2 rings (SSSR count). The predicted molar refractivity (Wildman–Crippen MR) is 69.7 cm³/mol. The normalized spacial score (nSPS) is 38.9. The highest BCUT2D eigenvalue weighted by Crippen LogP contribution is 2.39. The van der Waals surface area contributed by atoms with E-state index in [1.165, 1.54) is 12.0 Å². The maximum atomic E-state index is 5.96. The first-order valence-corrected chi connectivity index (χ1v) is 6.79. The van der Waals surface area contributed by atoms with Crippen LogP contribution in [-0.2, 0) is 9.47 Å². The molecule has 98 valence electrons. The van der Waals surface area contributed by atoms with E-state index in [9.17, 15) is 0 Å². The second-order valence-corrected chi connectivity index (χ2v) is 6.79. The Bertz CT molecular complexity index is 296. The van der Waals surface area contributed by atoms with Gasteiger partial charge in [0.15, 0.2) is 6.29 Å². The molecular weight excluding hydrogens is 212 g/mol. The van der Waals surface area contributed by atoms with Crippen molar-refractivity contribution >= 4 is 0 Å². The Morgan fingerprint density at radius 2 is 1.76 bits per heavy atom. The zero-order valence-corrected chi connectivity index (χ0v) is 11.8. The minimum Gasteiger partial charge on any atom is -0.352 e. The summed E-state index contributed by atoms with van der Waals surface area (Å²) >= 11 is 0. The molecule has 0 bridgehead atoms. The molecule has 0 spiro atoms. The minimum atomic E-state index is -0.00243. The fourth-order valence-corrected chi connectivity index (χ4v) is 3.23. The molecular formula is C15H26O2. The van der Waals surface area contributed by atoms with Gasteiger partial charge < -0.3 is 9.47 Å². The summed E-state index contributed by atoms with van der Waals surface area (Å²) in [7, 11) is 0. The van der Waals surface area contributed by atoms with Crippen molar-refractivity contribution in [3.63, 3.8) is 0 Å². The summed E-state index contributed by atoms with van der Waals surface area (Å²) in [6.45, 7) is 12.9. The Hall–Kier alpha value is -0.340. The third-order valence-electron chi connectivity index (χ3n) is 4.05. The van der Waals surface area contributed by atoms with Gasteiger partial charge in [0, 0.05) is 11.3 Å². The van der Waals surface area contributed by atoms with Crippen molar-refractivity contribution in [2.24, 2.45) is 23.2 Å². The first kappa shape index (κ1) is 13.1. The first-order chi connectivity index (χ1) is 7.89. The topological polar surface area (TPSA) is 18.5 Å². The zero-order valence-electron chi connectivity index (χ0n) is 11.8. The molecule has 0 amide bonds. The molecule has 2 heteroatoms. The molecule has 1 saturated heterocycles. The summed E-state index contributed by atoms with van der Waals surface area (Å²) in [4.78, 5) is 0. The molecule has 0 radical (unpaired) electrons. The average molecular weight is 238 g/mol. The molecule has 0 aromatic heterocycles. The smallest absolute Gasteiger partial charge is 0.161 e. The molecule has 1 fully saturated rings. The molecule has 1 heterocycles. The van der Waals surface area contributed by atoms with Gasteiger partial charge in [-0.2, -0.15) is 0 Å². The van der Waals surface area contributed by atoms with Crippen molar-refractivity contribution in [1.82, 2.24) is 0 Å². The summed E-state index contributed by atoms with van der Waals surface area (Å²) in [6, 6.07) is 0. The predicted octanol–water partition coefficient (Wildman–Crippen LogP) is 3.62. The van der Waals surface area contributed by atoms with E-state index in [0.29, 0.717) is 17.8 Å². The summed E-state index contributed by atoms with van der Waals surface area (Å²) in [5.74, 6) is 1.72. The Labute approximate surface area is 105 Å². The van der Waals surface area contributed by atoms with E-state index in [0.717, 1.165) is 13.2 Å². The maximum absolute atomic E-state index is 5.96. The van der Waals surface area contributed by atoms with E-state index >= 15 is 0 Å². The Kier molecular flexibility index (Phi) is 3.65. The molecule has 0 aromatic rings. The monoisotopic (exact) mass is 238 g/mol. The third-order valence-corrected chi connectivity index (χ3v) is 4.05. The minimum absolute atomic E-state index is 0.00243. The van der Waals surface area contributed by atoms with Gasteiger partial charge in [0.05, 0.1) is 13.2 Å². The largest absolute Gasteiger partial charge is 0.352 e. The molecule has 17 heavy (non-hydrogen) atoms. The summed E-state index contributed by atoms with van der Waals surface area (Å²) in [5.41, 5.74) is 1.68. The highest BCUT2D eigenvalue weighted by molar-refractivity contribution is 5.08. The number of hydrogen-bond acceptors (Lipinski definition) is 2. The lowest BCUT2D eigenvalue weighted by molar-refractivity contribution is -0.254. The van der Waals surface area contributed by atoms with Crippen LogP contribution in [0.1, 0.15) is 41.0 Å². The number of rotatable bonds is 1. The van der Waals surface area contributed by atoms with Gasteiger partial charge in [0.1, 0.15) is 0 Å². The second-order valence-electron chi connectivity index (χ2n) is 6.79. The van der Waals surface area contributed by atoms with Crippen molar-refractivity contribution in [3.8, 4) is 0 Å². The number of ether oxygens (including phenoxy) is 2. The van der Waals surface area contributed by atoms with Gasteiger partial charge in [-0.25, -0.2) is 0 Å². The lowest BCUT2D eigenvalue weighted by Crippen LogP contribution is -2.45. The van der Waals surface area contributed by atoms with E-state index in [2.05, 4.69) is 40.7 Å². The SMILES string of the molecule is CC1=C[C@H](C)[C@@H](C2OCC(C)(C)CO2)[C@H](C)C1. The fourth-order valence-electron chi connectivity index (χ4n) is 3.23. The van der Waals surface area contributed by atoms with Crippen molar-refractivity contribution in [1.29, 1.82) is 0 Å². The molecule has 2 aliphatic rings. The lowest BCUT2D eigenvalue weighted by Gasteiger charge is -2.43. The van der Waals surface area contributed by atoms with Crippen molar-refractivity contribution in [3.05, 3.63) is 11.6 Å². The zero-order chi connectivity index (χ0) is 12.6. The van der Waals surface area contributed by atoms with Crippen LogP contribution in [0.4, 0.5) is 0 Å². The Balaban J connectivity index is 2.03. The average Bonchev–Trinajstić information content (AvgIpc) is 2.19. The Morgan fingerprint density at radius 3 is 2.29 bits per heavy atom. The van der Waals surface area contributed by atoms with Crippen LogP contribution in [0.2, 0.25) is 0 Å². The van der Waals surface area contributed by atoms with E-state index in [4.69, 9.17) is 9.47 Å². The third kappa shape index (κ3) is 2.92. The van der Waals surface area contributed by atoms with Crippen LogP contribution >= 0.6 is 0 Å². The van der Waals surface area contributed by atoms with Gasteiger partial charge in [0.25, 0.3) is 0 Å². The van der Waals surface area contributed by atoms with E-state index < -0.39 is 0 Å². The van der Waals surface area contributed by atoms with Crippen LogP contribution in [0.15, 0.2) is 11.6 Å². The molecule has 2 nitrogen and oxygen atoms in total. The summed E-state index contributed by atoms with van der Waals surface area (Å²) in [6.07, 6.45) is 3.57. The van der Waals surface area contributed by atoms with Gasteiger partial charge in [0.2, 0.25) is 0 Å². The molecule has 1 aliphatic heterocycles. The molecule has 0 saturated carbocycles. The summed E-state index contributed by atoms with van der Waals surface area (Å²) < 4.78 is 11.9. The summed E-state index contributed by atoms with van der Waals surface area (Å²) in [5, 5.41) is 0. The van der Waals surface area contributed by atoms with Crippen molar-refractivity contribution in [2.75, 3.05) is 13.2 Å². The van der Waals surface area contributed by atoms with Crippen molar-refractivity contribution < 1.29 is 9.47 Å². The Morgan fingerprint density at radius 1 is 1.18 bits per heavy atom. The molecule has 0 N–H and O–H groups in total. The molecule has 1 aliphatic carbocycles. The van der Waals surface area contributed by atoms with Crippen LogP contribution in [0.25, 0.3) is 0 Å². The molecule has 0 aromatic carbocycles. The molecule has 3 atom stereocenters. The van der Waals surface area contributed by atoms with Gasteiger partial charge >= 0.3 is 0 Å². The van der Waals surface area contributed by atoms with Crippen molar-refractivity contribution in [2.45, 2.75) is 47.3 Å². The van der Waals surface area contributed by atoms with Crippen LogP contribution in [0.3, 0.4) is 0 Å². The first-order valence-electron chi connectivity index (χ1n) is 6.79.